The van der Waals surface area contributed by atoms with Crippen LogP contribution in [-0.2, 0) is 64.5 Å². The van der Waals surface area contributed by atoms with Gasteiger partial charge in [0.1, 0.15) is 23.7 Å². The molecule has 0 unspecified atom stereocenters. The Morgan fingerprint density at radius 3 is 1.77 bits per heavy atom. The van der Waals surface area contributed by atoms with Crippen LogP contribution >= 0.6 is 0 Å². The van der Waals surface area contributed by atoms with Crippen molar-refractivity contribution in [1.29, 1.82) is 0 Å². The predicted octanol–water partition coefficient (Wildman–Crippen LogP) is 17.6. The van der Waals surface area contributed by atoms with Crippen molar-refractivity contribution in [1.82, 2.24) is 0 Å². The summed E-state index contributed by atoms with van der Waals surface area (Å²) in [5.41, 5.74) is 3.89. The summed E-state index contributed by atoms with van der Waals surface area (Å²) in [6, 6.07) is 16.0. The molecule has 2 heterocycles. The van der Waals surface area contributed by atoms with Crippen molar-refractivity contribution < 1.29 is 60.8 Å². The molecule has 494 valence electrons. The molecule has 0 bridgehead atoms. The summed E-state index contributed by atoms with van der Waals surface area (Å²) in [5, 5.41) is -0.207. The molecule has 2 saturated heterocycles. The number of ether oxygens (including phenoxy) is 8. The largest absolute Gasteiger partial charge is 0.497 e. The number of Topliss-reactive ketones (excluding diaryl/α,β-unsaturated/α-hetero) is 1. The highest BCUT2D eigenvalue weighted by Crippen LogP contribution is 2.43. The van der Waals surface area contributed by atoms with E-state index in [9.17, 15) is 9.59 Å². The SMILES string of the molecule is C=C(/C=C/[C@H](O[Si](C)(C)C(C)(C)C)[C@@H](C)C(=O)OC)[C@H](C[C@H](OCc1ccc(OC)cc1)[C@H](C)/C=C(\C)C[C@H]1OC(C)(C)O[C@H](CC[C@H](C[C@@H]2CC[C@@H]([C@H](CCCC)OCc3ccc(OC)cc3)O2)O[Si](C)(C)C(C)(C)C)C1=O)O[Si](C)(C)C(C)(C)C. The molecular weight excluding hydrogens is 1150 g/mol. The molecule has 2 aliphatic rings. The maximum Gasteiger partial charge on any atom is 0.311 e. The number of carbonyl (C=O) groups excluding carboxylic acids is 2. The highest BCUT2D eigenvalue weighted by Gasteiger charge is 2.46. The zero-order chi connectivity index (χ0) is 65.5. The van der Waals surface area contributed by atoms with Gasteiger partial charge in [-0.3, -0.25) is 9.59 Å². The Balaban J connectivity index is 1.62. The van der Waals surface area contributed by atoms with E-state index in [4.69, 9.17) is 51.2 Å². The molecule has 13 nitrogen and oxygen atoms in total. The summed E-state index contributed by atoms with van der Waals surface area (Å²) in [6.45, 7) is 51.3. The molecule has 2 aromatic carbocycles. The lowest BCUT2D eigenvalue weighted by Gasteiger charge is -2.42. The molecule has 0 spiro atoms. The van der Waals surface area contributed by atoms with Crippen LogP contribution in [0.5, 0.6) is 11.5 Å². The van der Waals surface area contributed by atoms with Crippen LogP contribution in [0.15, 0.2) is 84.5 Å². The van der Waals surface area contributed by atoms with Gasteiger partial charge in [0.15, 0.2) is 36.5 Å². The van der Waals surface area contributed by atoms with E-state index in [0.29, 0.717) is 38.9 Å². The minimum absolute atomic E-state index is 0.00116. The fourth-order valence-electron chi connectivity index (χ4n) is 10.5. The summed E-state index contributed by atoms with van der Waals surface area (Å²) in [6.07, 6.45) is 11.1. The molecule has 16 heteroatoms. The lowest BCUT2D eigenvalue weighted by molar-refractivity contribution is -0.280. The molecule has 87 heavy (non-hydrogen) atoms. The van der Waals surface area contributed by atoms with Crippen LogP contribution in [0.2, 0.25) is 54.4 Å². The summed E-state index contributed by atoms with van der Waals surface area (Å²) in [7, 11) is -2.23. The second-order valence-corrected chi connectivity index (χ2v) is 44.3. The van der Waals surface area contributed by atoms with E-state index in [2.05, 4.69) is 147 Å². The predicted molar refractivity (Wildman–Crippen MR) is 361 cm³/mol. The summed E-state index contributed by atoms with van der Waals surface area (Å²) >= 11 is 0. The van der Waals surface area contributed by atoms with Crippen molar-refractivity contribution in [2.75, 3.05) is 21.3 Å². The zero-order valence-corrected chi connectivity index (χ0v) is 61.7. The number of methoxy groups -OCH3 is 3. The van der Waals surface area contributed by atoms with Gasteiger partial charge >= 0.3 is 5.97 Å². The van der Waals surface area contributed by atoms with Crippen molar-refractivity contribution in [2.24, 2.45) is 11.8 Å². The van der Waals surface area contributed by atoms with Gasteiger partial charge in [-0.2, -0.15) is 0 Å². The van der Waals surface area contributed by atoms with Gasteiger partial charge in [-0.25, -0.2) is 0 Å². The van der Waals surface area contributed by atoms with Crippen molar-refractivity contribution in [3.8, 4) is 11.5 Å². The number of carbonyl (C=O) groups is 2. The third kappa shape index (κ3) is 23.4. The van der Waals surface area contributed by atoms with Gasteiger partial charge in [0.25, 0.3) is 0 Å². The molecule has 11 atom stereocenters. The average Bonchev–Trinajstić information content (AvgIpc) is 2.74. The van der Waals surface area contributed by atoms with Gasteiger partial charge in [-0.05, 0) is 162 Å². The third-order valence-corrected chi connectivity index (χ3v) is 32.7. The van der Waals surface area contributed by atoms with Crippen molar-refractivity contribution in [3.05, 3.63) is 95.6 Å². The first-order valence-electron chi connectivity index (χ1n) is 32.4. The fourth-order valence-corrected chi connectivity index (χ4v) is 14.5. The Hall–Kier alpha value is -3.27. The number of benzene rings is 2. The zero-order valence-electron chi connectivity index (χ0n) is 58.7. The Morgan fingerprint density at radius 1 is 0.736 bits per heavy atom. The van der Waals surface area contributed by atoms with Crippen LogP contribution in [0.4, 0.5) is 0 Å². The van der Waals surface area contributed by atoms with E-state index in [1.807, 2.05) is 69.3 Å². The number of unbranched alkanes of at least 4 members (excludes halogenated alkanes) is 1. The molecular formula is C71H120O13Si3. The van der Waals surface area contributed by atoms with Crippen LogP contribution in [0.3, 0.4) is 0 Å². The smallest absolute Gasteiger partial charge is 0.311 e. The van der Waals surface area contributed by atoms with Crippen molar-refractivity contribution >= 4 is 36.7 Å². The minimum Gasteiger partial charge on any atom is -0.497 e. The van der Waals surface area contributed by atoms with E-state index in [-0.39, 0.29) is 63.3 Å². The van der Waals surface area contributed by atoms with E-state index < -0.39 is 61.1 Å². The highest BCUT2D eigenvalue weighted by atomic mass is 28.4. The van der Waals surface area contributed by atoms with Gasteiger partial charge in [0.2, 0.25) is 0 Å². The first-order chi connectivity index (χ1) is 40.2. The number of hydrogen-bond acceptors (Lipinski definition) is 13. The Labute approximate surface area is 531 Å². The van der Waals surface area contributed by atoms with Gasteiger partial charge in [-0.15, -0.1) is 0 Å². The maximum atomic E-state index is 14.8. The fraction of sp³-hybridized carbons (Fsp3) is 0.718. The quantitative estimate of drug-likeness (QED) is 0.0285. The van der Waals surface area contributed by atoms with Crippen LogP contribution in [-0.4, -0.2) is 119 Å². The summed E-state index contributed by atoms with van der Waals surface area (Å²) in [5.74, 6) is -0.473. The van der Waals surface area contributed by atoms with Crippen LogP contribution in [0.1, 0.15) is 179 Å². The molecule has 2 fully saturated rings. The topological polar surface area (TPSA) is 136 Å². The Bertz CT molecular complexity index is 2500. The van der Waals surface area contributed by atoms with Gasteiger partial charge in [0, 0.05) is 24.9 Å². The van der Waals surface area contributed by atoms with Gasteiger partial charge < -0.3 is 51.2 Å². The molecule has 0 radical (unpaired) electrons. The second-order valence-electron chi connectivity index (χ2n) is 30.0. The number of hydrogen-bond donors (Lipinski definition) is 0. The highest BCUT2D eigenvalue weighted by molar-refractivity contribution is 6.75. The lowest BCUT2D eigenvalue weighted by atomic mass is 9.91. The standard InChI is InChI=1S/C71H120O13Si3/c1-26-27-28-60(77-47-53-30-34-55(74-17)35-31-53)61-41-38-57(79-61)45-58(82-85(20,21)68(6,7)8)39-42-62-66(72)65(81-71(15,16)80-62)44-49(2)43-51(4)63(78-48-54-32-36-56(75-18)37-33-54)46-64(84-87(24,25)70(12,13)14)50(3)29-40-59(52(5)67(73)76-19)83-86(22,23)69(9,10)11/h29-37,40,43,51-52,57-65H,3,26-28,38-39,41-42,44-48H2,1-2,4-25H3/b40-29+,49-43+/t51-,52-,57+,58-,59+,60+,61+,62-,63+,64+,65-/m1/s1. The average molecular weight is 1270 g/mol. The lowest BCUT2D eigenvalue weighted by Crippen LogP contribution is -2.52. The van der Waals surface area contributed by atoms with E-state index in [0.717, 1.165) is 72.3 Å². The maximum absolute atomic E-state index is 14.8. The number of ketones is 1. The molecule has 0 amide bonds. The molecule has 0 saturated carbocycles. The van der Waals surface area contributed by atoms with E-state index >= 15 is 0 Å². The Morgan fingerprint density at radius 2 is 1.25 bits per heavy atom. The molecule has 0 N–H and O–H groups in total. The first-order valence-corrected chi connectivity index (χ1v) is 41.2. The van der Waals surface area contributed by atoms with Crippen molar-refractivity contribution in [2.45, 2.75) is 296 Å². The van der Waals surface area contributed by atoms with Gasteiger partial charge in [0.05, 0.1) is 77.1 Å². The molecule has 0 aliphatic carbocycles. The third-order valence-electron chi connectivity index (χ3n) is 19.2. The van der Waals surface area contributed by atoms with Crippen LogP contribution in [0, 0.1) is 11.8 Å². The van der Waals surface area contributed by atoms with Gasteiger partial charge in [-0.1, -0.05) is 144 Å². The molecule has 2 aromatic rings. The molecule has 2 aliphatic heterocycles. The first kappa shape index (κ1) is 76.2. The molecule has 4 rings (SSSR count). The van der Waals surface area contributed by atoms with E-state index in [1.165, 1.54) is 7.11 Å². The minimum atomic E-state index is -2.42. The van der Waals surface area contributed by atoms with Crippen LogP contribution in [0.25, 0.3) is 0 Å². The molecule has 0 aromatic heterocycles. The number of esters is 1. The number of rotatable bonds is 34. The second kappa shape index (κ2) is 32.8. The monoisotopic (exact) mass is 1260 g/mol. The summed E-state index contributed by atoms with van der Waals surface area (Å²) in [4.78, 5) is 27.9. The normalized spacial score (nSPS) is 21.7. The van der Waals surface area contributed by atoms with Crippen LogP contribution < -0.4 is 9.47 Å². The van der Waals surface area contributed by atoms with E-state index in [1.54, 1.807) is 14.2 Å². The van der Waals surface area contributed by atoms with Crippen molar-refractivity contribution in [3.63, 3.8) is 0 Å². The Kier molecular flexibility index (Phi) is 28.8. The summed E-state index contributed by atoms with van der Waals surface area (Å²) < 4.78 is 71.3.